The molecular formula is C24H31N5O4. The molecule has 0 saturated carbocycles. The molecule has 9 heteroatoms. The average molecular weight is 454 g/mol. The monoisotopic (exact) mass is 453 g/mol. The summed E-state index contributed by atoms with van der Waals surface area (Å²) < 4.78 is 13.0. The number of nitrogens with one attached hydrogen (secondary N) is 1. The molecule has 1 saturated heterocycles. The number of morpholine rings is 1. The van der Waals surface area contributed by atoms with Gasteiger partial charge in [-0.2, -0.15) is 5.10 Å². The Hall–Kier alpha value is -3.20. The van der Waals surface area contributed by atoms with Crippen molar-refractivity contribution in [2.45, 2.75) is 46.1 Å². The first-order valence-electron chi connectivity index (χ1n) is 11.7. The Balaban J connectivity index is 1.67. The maximum Gasteiger partial charge on any atom is 0.279 e. The summed E-state index contributed by atoms with van der Waals surface area (Å²) in [6.07, 6.45) is 2.79. The summed E-state index contributed by atoms with van der Waals surface area (Å²) in [6, 6.07) is 7.56. The molecule has 1 aliphatic rings. The fourth-order valence-corrected chi connectivity index (χ4v) is 4.03. The highest BCUT2D eigenvalue weighted by Crippen LogP contribution is 2.28. The van der Waals surface area contributed by atoms with E-state index in [0.717, 1.165) is 24.1 Å². The molecule has 0 unspecified atom stereocenters. The number of ether oxygens (including phenoxy) is 2. The topological polar surface area (TPSA) is 102 Å². The van der Waals surface area contributed by atoms with Gasteiger partial charge in [0.25, 0.3) is 5.56 Å². The number of benzene rings is 1. The largest absolute Gasteiger partial charge is 0.493 e. The summed E-state index contributed by atoms with van der Waals surface area (Å²) >= 11 is 0. The van der Waals surface area contributed by atoms with Crippen LogP contribution >= 0.6 is 0 Å². The standard InChI is InChI=1S/C24H31N5O4/c1-3-7-18-21-22(27-29(18)11-10-20(30)28-12-15-32-16-13-28)24(31)26-23(25-21)17-8-5-6-9-19(17)33-14-4-2/h5-6,8-9H,3-4,7,10-16H2,1-2H3,(H,25,26,31). The Labute approximate surface area is 192 Å². The Bertz CT molecular complexity index is 1160. The van der Waals surface area contributed by atoms with Crippen molar-refractivity contribution in [2.75, 3.05) is 32.9 Å². The lowest BCUT2D eigenvalue weighted by atomic mass is 10.1. The maximum atomic E-state index is 13.0. The molecule has 1 amide bonds. The lowest BCUT2D eigenvalue weighted by Gasteiger charge is -2.26. The number of nitrogens with zero attached hydrogens (tertiary/aromatic N) is 4. The summed E-state index contributed by atoms with van der Waals surface area (Å²) in [4.78, 5) is 35.1. The van der Waals surface area contributed by atoms with Gasteiger partial charge in [0.05, 0.1) is 37.6 Å². The Morgan fingerprint density at radius 1 is 1.15 bits per heavy atom. The summed E-state index contributed by atoms with van der Waals surface area (Å²) in [5.41, 5.74) is 2.20. The zero-order chi connectivity index (χ0) is 23.2. The highest BCUT2D eigenvalue weighted by Gasteiger charge is 2.21. The van der Waals surface area contributed by atoms with Crippen LogP contribution in [0.2, 0.25) is 0 Å². The average Bonchev–Trinajstić information content (AvgIpc) is 3.20. The van der Waals surface area contributed by atoms with Crippen molar-refractivity contribution < 1.29 is 14.3 Å². The smallest absolute Gasteiger partial charge is 0.279 e. The van der Waals surface area contributed by atoms with Gasteiger partial charge < -0.3 is 19.4 Å². The highest BCUT2D eigenvalue weighted by molar-refractivity contribution is 5.80. The van der Waals surface area contributed by atoms with Crippen molar-refractivity contribution in [3.8, 4) is 17.1 Å². The van der Waals surface area contributed by atoms with E-state index in [4.69, 9.17) is 14.5 Å². The van der Waals surface area contributed by atoms with Gasteiger partial charge in [0.1, 0.15) is 17.1 Å². The Morgan fingerprint density at radius 2 is 1.94 bits per heavy atom. The molecule has 1 aromatic carbocycles. The van der Waals surface area contributed by atoms with E-state index >= 15 is 0 Å². The fourth-order valence-electron chi connectivity index (χ4n) is 4.03. The molecular weight excluding hydrogens is 422 g/mol. The number of rotatable bonds is 9. The second-order valence-corrected chi connectivity index (χ2v) is 8.12. The maximum absolute atomic E-state index is 13.0. The molecule has 3 heterocycles. The molecule has 1 N–H and O–H groups in total. The van der Waals surface area contributed by atoms with Gasteiger partial charge in [-0.3, -0.25) is 14.3 Å². The van der Waals surface area contributed by atoms with Crippen molar-refractivity contribution in [3.63, 3.8) is 0 Å². The highest BCUT2D eigenvalue weighted by atomic mass is 16.5. The Morgan fingerprint density at radius 3 is 2.70 bits per heavy atom. The van der Waals surface area contributed by atoms with E-state index in [0.29, 0.717) is 74.9 Å². The van der Waals surface area contributed by atoms with Gasteiger partial charge in [0.2, 0.25) is 5.91 Å². The van der Waals surface area contributed by atoms with E-state index in [1.165, 1.54) is 0 Å². The van der Waals surface area contributed by atoms with Crippen LogP contribution in [0.15, 0.2) is 29.1 Å². The minimum Gasteiger partial charge on any atom is -0.493 e. The number of para-hydroxylation sites is 1. The first kappa shape index (κ1) is 23.0. The van der Waals surface area contributed by atoms with Crippen LogP contribution in [0.4, 0.5) is 0 Å². The van der Waals surface area contributed by atoms with Crippen LogP contribution in [-0.2, 0) is 22.5 Å². The van der Waals surface area contributed by atoms with Crippen LogP contribution in [0.25, 0.3) is 22.4 Å². The van der Waals surface area contributed by atoms with E-state index in [9.17, 15) is 9.59 Å². The quantitative estimate of drug-likeness (QED) is 0.535. The van der Waals surface area contributed by atoms with Gasteiger partial charge in [-0.25, -0.2) is 4.98 Å². The van der Waals surface area contributed by atoms with Crippen LogP contribution in [0.3, 0.4) is 0 Å². The third-order valence-corrected chi connectivity index (χ3v) is 5.69. The molecule has 1 aliphatic heterocycles. The molecule has 3 aromatic rings. The van der Waals surface area contributed by atoms with Crippen molar-refractivity contribution >= 4 is 16.9 Å². The zero-order valence-corrected chi connectivity index (χ0v) is 19.3. The number of amides is 1. The molecule has 9 nitrogen and oxygen atoms in total. The number of aryl methyl sites for hydroxylation is 2. The van der Waals surface area contributed by atoms with Gasteiger partial charge >= 0.3 is 0 Å². The predicted octanol–water partition coefficient (Wildman–Crippen LogP) is 2.78. The number of hydrogen-bond donors (Lipinski definition) is 1. The summed E-state index contributed by atoms with van der Waals surface area (Å²) in [5.74, 6) is 1.22. The number of fused-ring (bicyclic) bond motifs is 1. The number of H-pyrrole nitrogens is 1. The van der Waals surface area contributed by atoms with E-state index < -0.39 is 0 Å². The van der Waals surface area contributed by atoms with Gasteiger partial charge in [0.15, 0.2) is 5.52 Å². The van der Waals surface area contributed by atoms with Gasteiger partial charge in [-0.15, -0.1) is 0 Å². The Kier molecular flexibility index (Phi) is 7.39. The molecule has 176 valence electrons. The van der Waals surface area contributed by atoms with Crippen molar-refractivity contribution in [1.29, 1.82) is 0 Å². The predicted molar refractivity (Wildman–Crippen MR) is 125 cm³/mol. The van der Waals surface area contributed by atoms with Gasteiger partial charge in [-0.05, 0) is 25.0 Å². The van der Waals surface area contributed by atoms with E-state index in [1.807, 2.05) is 36.1 Å². The molecule has 4 rings (SSSR count). The van der Waals surface area contributed by atoms with E-state index in [-0.39, 0.29) is 11.5 Å². The van der Waals surface area contributed by atoms with Crippen LogP contribution in [0, 0.1) is 0 Å². The second kappa shape index (κ2) is 10.6. The molecule has 0 atom stereocenters. The molecule has 0 spiro atoms. The number of carbonyl (C=O) groups excluding carboxylic acids is 1. The zero-order valence-electron chi connectivity index (χ0n) is 19.3. The van der Waals surface area contributed by atoms with Gasteiger partial charge in [-0.1, -0.05) is 32.4 Å². The molecule has 0 aliphatic carbocycles. The number of aromatic nitrogens is 4. The third-order valence-electron chi connectivity index (χ3n) is 5.69. The lowest BCUT2D eigenvalue weighted by Crippen LogP contribution is -2.41. The van der Waals surface area contributed by atoms with Crippen LogP contribution in [0.1, 0.15) is 38.8 Å². The number of carbonyl (C=O) groups is 1. The molecule has 2 aromatic heterocycles. The van der Waals surface area contributed by atoms with Crippen molar-refractivity contribution in [2.24, 2.45) is 0 Å². The molecule has 1 fully saturated rings. The normalized spacial score (nSPS) is 14.1. The summed E-state index contributed by atoms with van der Waals surface area (Å²) in [5, 5.41) is 4.54. The van der Waals surface area contributed by atoms with Crippen molar-refractivity contribution in [1.82, 2.24) is 24.6 Å². The lowest BCUT2D eigenvalue weighted by molar-refractivity contribution is -0.135. The first-order chi connectivity index (χ1) is 16.1. The summed E-state index contributed by atoms with van der Waals surface area (Å²) in [7, 11) is 0. The fraction of sp³-hybridized carbons (Fsp3) is 0.500. The first-order valence-corrected chi connectivity index (χ1v) is 11.7. The van der Waals surface area contributed by atoms with Crippen LogP contribution in [-0.4, -0.2) is 63.5 Å². The second-order valence-electron chi connectivity index (χ2n) is 8.12. The molecule has 33 heavy (non-hydrogen) atoms. The SMILES string of the molecule is CCCOc1ccccc1-c1nc2c(CCC)n(CCC(=O)N3CCOCC3)nc2c(=O)[nH]1. The molecule has 0 bridgehead atoms. The minimum absolute atomic E-state index is 0.0739. The summed E-state index contributed by atoms with van der Waals surface area (Å²) in [6.45, 7) is 7.49. The minimum atomic E-state index is -0.295. The van der Waals surface area contributed by atoms with Crippen LogP contribution < -0.4 is 10.3 Å². The van der Waals surface area contributed by atoms with Crippen molar-refractivity contribution in [3.05, 3.63) is 40.3 Å². The van der Waals surface area contributed by atoms with E-state index in [2.05, 4.69) is 17.0 Å². The number of aromatic amines is 1. The van der Waals surface area contributed by atoms with Gasteiger partial charge in [0, 0.05) is 19.5 Å². The van der Waals surface area contributed by atoms with E-state index in [1.54, 1.807) is 4.68 Å². The van der Waals surface area contributed by atoms with Crippen LogP contribution in [0.5, 0.6) is 5.75 Å². The molecule has 0 radical (unpaired) electrons. The third kappa shape index (κ3) is 5.08. The number of hydrogen-bond acceptors (Lipinski definition) is 6.